The van der Waals surface area contributed by atoms with Crippen molar-refractivity contribution in [1.82, 2.24) is 0 Å². The van der Waals surface area contributed by atoms with Crippen LogP contribution < -0.4 is 9.80 Å². The van der Waals surface area contributed by atoms with Gasteiger partial charge in [0, 0.05) is 38.0 Å². The van der Waals surface area contributed by atoms with Gasteiger partial charge in [-0.3, -0.25) is 0 Å². The highest BCUT2D eigenvalue weighted by Gasteiger charge is 2.39. The van der Waals surface area contributed by atoms with Gasteiger partial charge in [-0.2, -0.15) is 0 Å². The maximum absolute atomic E-state index is 2.66. The van der Waals surface area contributed by atoms with Crippen LogP contribution in [0.15, 0.2) is 132 Å². The molecule has 0 bridgehead atoms. The minimum absolute atomic E-state index is 0.00644. The van der Waals surface area contributed by atoms with Crippen LogP contribution in [0.2, 0.25) is 0 Å². The zero-order valence-electron chi connectivity index (χ0n) is 41.3. The van der Waals surface area contributed by atoms with E-state index in [0.29, 0.717) is 0 Å². The van der Waals surface area contributed by atoms with Crippen LogP contribution in [-0.4, -0.2) is 6.04 Å². The van der Waals surface area contributed by atoms with Gasteiger partial charge in [-0.25, -0.2) is 0 Å². The van der Waals surface area contributed by atoms with Crippen molar-refractivity contribution in [2.45, 2.75) is 168 Å². The first-order valence-corrected chi connectivity index (χ1v) is 24.5. The summed E-state index contributed by atoms with van der Waals surface area (Å²) in [5.74, 6) is 0. The van der Waals surface area contributed by atoms with Gasteiger partial charge in [0.1, 0.15) is 0 Å². The highest BCUT2D eigenvalue weighted by molar-refractivity contribution is 7.17. The molecule has 0 saturated carbocycles. The second kappa shape index (κ2) is 15.8. The monoisotopic (exact) mass is 855 g/mol. The van der Waals surface area contributed by atoms with Gasteiger partial charge in [-0.1, -0.05) is 163 Å². The summed E-state index contributed by atoms with van der Waals surface area (Å²) in [5, 5.41) is 3.80. The maximum atomic E-state index is 2.66. The summed E-state index contributed by atoms with van der Waals surface area (Å²) in [6.07, 6.45) is 18.6. The number of hydrogen-bond donors (Lipinski definition) is 0. The largest absolute Gasteiger partial charge is 0.334 e. The van der Waals surface area contributed by atoms with Gasteiger partial charge in [0.2, 0.25) is 0 Å². The standard InChI is InChI=1S/C60H74N2S/c1-40-33-46(61(44-24-19-41(20-25-44)55(2,3)4)45-26-21-42(22-27-45)56(5,6)7)36-47(34-40)62(52-28-23-43(57(8,9)10)35-51(52)60(15)29-17-16-18-30-60)53-39-63-54-38-50-49(37-48(53)54)58(11,12)31-32-59(50,13)14/h16-29,34-39,46H,30-33H2,1-15H3. The van der Waals surface area contributed by atoms with Crippen molar-refractivity contribution in [3.63, 3.8) is 0 Å². The third kappa shape index (κ3) is 8.69. The molecule has 2 unspecified atom stereocenters. The third-order valence-corrected chi connectivity index (χ3v) is 15.6. The molecule has 2 nitrogen and oxygen atoms in total. The van der Waals surface area contributed by atoms with Gasteiger partial charge in [0.25, 0.3) is 0 Å². The lowest BCUT2D eigenvalue weighted by molar-refractivity contribution is 0.332. The average molecular weight is 855 g/mol. The molecule has 4 aromatic carbocycles. The quantitative estimate of drug-likeness (QED) is 0.161. The summed E-state index contributed by atoms with van der Waals surface area (Å²) in [6.45, 7) is 35.4. The van der Waals surface area contributed by atoms with Crippen LogP contribution in [0.4, 0.5) is 22.7 Å². The minimum atomic E-state index is -0.177. The van der Waals surface area contributed by atoms with Gasteiger partial charge in [0.05, 0.1) is 17.4 Å². The lowest BCUT2D eigenvalue weighted by atomic mass is 9.63. The van der Waals surface area contributed by atoms with E-state index in [1.54, 1.807) is 0 Å². The predicted molar refractivity (Wildman–Crippen MR) is 277 cm³/mol. The van der Waals surface area contributed by atoms with E-state index in [4.69, 9.17) is 0 Å². The number of benzene rings is 4. The fourth-order valence-electron chi connectivity index (χ4n) is 10.3. The van der Waals surface area contributed by atoms with Crippen LogP contribution in [0.25, 0.3) is 10.1 Å². The summed E-state index contributed by atoms with van der Waals surface area (Å²) < 4.78 is 1.37. The van der Waals surface area contributed by atoms with Gasteiger partial charge in [0.15, 0.2) is 0 Å². The lowest BCUT2D eigenvalue weighted by Gasteiger charge is -2.42. The summed E-state index contributed by atoms with van der Waals surface area (Å²) in [4.78, 5) is 5.25. The van der Waals surface area contributed by atoms with E-state index in [9.17, 15) is 0 Å². The van der Waals surface area contributed by atoms with Crippen molar-refractivity contribution in [3.8, 4) is 0 Å². The molecule has 3 heteroatoms. The normalized spacial score (nSPS) is 20.9. The molecule has 1 heterocycles. The molecule has 0 fully saturated rings. The average Bonchev–Trinajstić information content (AvgIpc) is 3.62. The molecule has 1 aromatic heterocycles. The molecule has 3 aliphatic rings. The van der Waals surface area contributed by atoms with Gasteiger partial charge >= 0.3 is 0 Å². The summed E-state index contributed by atoms with van der Waals surface area (Å²) in [7, 11) is 0. The first-order chi connectivity index (χ1) is 29.4. The van der Waals surface area contributed by atoms with Crippen LogP contribution in [0, 0.1) is 0 Å². The Morgan fingerprint density at radius 2 is 1.14 bits per heavy atom. The molecule has 5 aromatic rings. The maximum Gasteiger partial charge on any atom is 0.0647 e. The number of allylic oxidation sites excluding steroid dienone is 5. The molecule has 2 atom stereocenters. The fraction of sp³-hybridized carbons (Fsp3) is 0.433. The number of hydrogen-bond acceptors (Lipinski definition) is 3. The Balaban J connectivity index is 1.39. The molecule has 330 valence electrons. The van der Waals surface area contributed by atoms with E-state index in [1.807, 2.05) is 11.3 Å². The van der Waals surface area contributed by atoms with E-state index < -0.39 is 0 Å². The third-order valence-electron chi connectivity index (χ3n) is 14.6. The van der Waals surface area contributed by atoms with E-state index >= 15 is 0 Å². The smallest absolute Gasteiger partial charge is 0.0647 e. The molecule has 0 aliphatic heterocycles. The summed E-state index contributed by atoms with van der Waals surface area (Å²) in [5.41, 5.74) is 16.3. The molecule has 8 rings (SSSR count). The second-order valence-corrected chi connectivity index (χ2v) is 24.7. The number of rotatable bonds is 7. The predicted octanol–water partition coefficient (Wildman–Crippen LogP) is 17.5. The van der Waals surface area contributed by atoms with Crippen molar-refractivity contribution in [1.29, 1.82) is 0 Å². The molecule has 0 saturated heterocycles. The highest BCUT2D eigenvalue weighted by Crippen LogP contribution is 2.52. The summed E-state index contributed by atoms with van der Waals surface area (Å²) in [6, 6.07) is 31.4. The van der Waals surface area contributed by atoms with Crippen LogP contribution in [0.3, 0.4) is 0 Å². The number of fused-ring (bicyclic) bond motifs is 2. The lowest BCUT2D eigenvalue weighted by Crippen LogP contribution is -2.34. The fourth-order valence-corrected chi connectivity index (χ4v) is 11.2. The molecule has 0 N–H and O–H groups in total. The van der Waals surface area contributed by atoms with E-state index in [1.165, 1.54) is 90.3 Å². The number of nitrogens with zero attached hydrogens (tertiary/aromatic N) is 2. The number of thiophene rings is 1. The minimum Gasteiger partial charge on any atom is -0.334 e. The van der Waals surface area contributed by atoms with Crippen molar-refractivity contribution >= 4 is 44.2 Å². The van der Waals surface area contributed by atoms with Crippen LogP contribution >= 0.6 is 11.3 Å². The SMILES string of the molecule is CC1=CC(N(c2ccc(C(C)(C)C)cc2C2(C)C=CC=CC2)c2csc3cc4c(cc23)C(C)(C)CCC4(C)C)=CC(N(c2ccc(C(C)(C)C)cc2)c2ccc(C(C)(C)C)cc2)C1. The zero-order valence-corrected chi connectivity index (χ0v) is 42.1. The van der Waals surface area contributed by atoms with Crippen molar-refractivity contribution in [2.24, 2.45) is 0 Å². The molecular formula is C60H74N2S. The van der Waals surface area contributed by atoms with Crippen LogP contribution in [-0.2, 0) is 32.5 Å². The van der Waals surface area contributed by atoms with Gasteiger partial charge < -0.3 is 9.80 Å². The Labute approximate surface area is 385 Å². The molecular weight excluding hydrogens is 781 g/mol. The van der Waals surface area contributed by atoms with E-state index in [0.717, 1.165) is 12.8 Å². The van der Waals surface area contributed by atoms with Gasteiger partial charge in [-0.15, -0.1) is 11.3 Å². The van der Waals surface area contributed by atoms with Crippen LogP contribution in [0.1, 0.15) is 163 Å². The van der Waals surface area contributed by atoms with Crippen LogP contribution in [0.5, 0.6) is 0 Å². The topological polar surface area (TPSA) is 6.48 Å². The Morgan fingerprint density at radius 1 is 0.603 bits per heavy atom. The first-order valence-electron chi connectivity index (χ1n) is 23.6. The first kappa shape index (κ1) is 45.0. The Hall–Kier alpha value is -4.60. The molecule has 0 radical (unpaired) electrons. The highest BCUT2D eigenvalue weighted by atomic mass is 32.1. The Bertz CT molecular complexity index is 2580. The van der Waals surface area contributed by atoms with Crippen molar-refractivity contribution in [3.05, 3.63) is 165 Å². The molecule has 0 amide bonds. The second-order valence-electron chi connectivity index (χ2n) is 23.8. The molecule has 63 heavy (non-hydrogen) atoms. The van der Waals surface area contributed by atoms with Crippen molar-refractivity contribution < 1.29 is 0 Å². The zero-order chi connectivity index (χ0) is 45.5. The van der Waals surface area contributed by atoms with Crippen molar-refractivity contribution in [2.75, 3.05) is 9.80 Å². The summed E-state index contributed by atoms with van der Waals surface area (Å²) >= 11 is 1.91. The molecule has 3 aliphatic carbocycles. The van der Waals surface area contributed by atoms with E-state index in [2.05, 4.69) is 234 Å². The van der Waals surface area contributed by atoms with E-state index in [-0.39, 0.29) is 38.5 Å². The number of anilines is 4. The van der Waals surface area contributed by atoms with Gasteiger partial charge in [-0.05, 0) is 148 Å². The molecule has 0 spiro atoms. The Morgan fingerprint density at radius 3 is 1.67 bits per heavy atom. The Kier molecular flexibility index (Phi) is 11.3.